The van der Waals surface area contributed by atoms with Crippen LogP contribution in [0.15, 0.2) is 59.4 Å². The van der Waals surface area contributed by atoms with Crippen LogP contribution in [0.3, 0.4) is 0 Å². The van der Waals surface area contributed by atoms with Crippen molar-refractivity contribution in [1.82, 2.24) is 14.5 Å². The van der Waals surface area contributed by atoms with Gasteiger partial charge < -0.3 is 5.32 Å². The minimum atomic E-state index is -0.235. The molecule has 140 valence electrons. The second-order valence-electron chi connectivity index (χ2n) is 7.27. The first kappa shape index (κ1) is 17.6. The summed E-state index contributed by atoms with van der Waals surface area (Å²) in [6.45, 7) is 2.98. The van der Waals surface area contributed by atoms with Crippen molar-refractivity contribution in [3.63, 3.8) is 0 Å². The number of hydrogen-bond acceptors (Lipinski definition) is 2. The largest absolute Gasteiger partial charge is 0.347 e. The molecule has 5 heteroatoms. The Bertz CT molecular complexity index is 1010. The molecular formula is C22H25N3O2. The summed E-state index contributed by atoms with van der Waals surface area (Å²) in [6.07, 6.45) is 3.36. The van der Waals surface area contributed by atoms with E-state index in [1.54, 1.807) is 9.13 Å². The molecule has 1 saturated carbocycles. The molecule has 1 aromatic heterocycles. The Kier molecular flexibility index (Phi) is 4.60. The highest BCUT2D eigenvalue weighted by atomic mass is 16.2. The van der Waals surface area contributed by atoms with Crippen LogP contribution in [-0.2, 0) is 23.4 Å². The van der Waals surface area contributed by atoms with Crippen molar-refractivity contribution >= 4 is 16.9 Å². The van der Waals surface area contributed by atoms with Crippen LogP contribution in [0.1, 0.15) is 38.2 Å². The first-order valence-corrected chi connectivity index (χ1v) is 9.69. The standard InChI is InChI=1S/C22H25N3O2/c1-2-24-18-11-6-7-12-19(18)25(21(24)27)16-13-20(26)23-22(14-8-15-22)17-9-4-3-5-10-17/h3-7,9-12H,2,8,13-16H2,1H3,(H,23,26). The normalized spacial score (nSPS) is 15.4. The van der Waals surface area contributed by atoms with Crippen LogP contribution >= 0.6 is 0 Å². The van der Waals surface area contributed by atoms with Crippen LogP contribution in [0, 0.1) is 0 Å². The van der Waals surface area contributed by atoms with Gasteiger partial charge in [-0.1, -0.05) is 42.5 Å². The number of imidazole rings is 1. The average Bonchev–Trinajstić information content (AvgIpc) is 2.94. The summed E-state index contributed by atoms with van der Waals surface area (Å²) >= 11 is 0. The Hall–Kier alpha value is -2.82. The molecule has 0 bridgehead atoms. The quantitative estimate of drug-likeness (QED) is 0.730. The molecule has 0 spiro atoms. The van der Waals surface area contributed by atoms with Gasteiger partial charge in [0.1, 0.15) is 0 Å². The maximum Gasteiger partial charge on any atom is 0.329 e. The van der Waals surface area contributed by atoms with E-state index in [9.17, 15) is 9.59 Å². The van der Waals surface area contributed by atoms with Gasteiger partial charge in [0.2, 0.25) is 5.91 Å². The van der Waals surface area contributed by atoms with Crippen molar-refractivity contribution in [3.05, 3.63) is 70.6 Å². The van der Waals surface area contributed by atoms with Gasteiger partial charge in [0.15, 0.2) is 0 Å². The summed E-state index contributed by atoms with van der Waals surface area (Å²) < 4.78 is 3.47. The molecule has 5 nitrogen and oxygen atoms in total. The van der Waals surface area contributed by atoms with Gasteiger partial charge in [-0.25, -0.2) is 4.79 Å². The van der Waals surface area contributed by atoms with Gasteiger partial charge in [0.25, 0.3) is 0 Å². The van der Waals surface area contributed by atoms with Crippen LogP contribution < -0.4 is 11.0 Å². The summed E-state index contributed by atoms with van der Waals surface area (Å²) in [5, 5.41) is 3.24. The number of aryl methyl sites for hydroxylation is 2. The highest BCUT2D eigenvalue weighted by Gasteiger charge is 2.39. The first-order chi connectivity index (χ1) is 13.1. The minimum Gasteiger partial charge on any atom is -0.347 e. The molecule has 0 radical (unpaired) electrons. The lowest BCUT2D eigenvalue weighted by atomic mass is 9.71. The SMILES string of the molecule is CCn1c(=O)n(CCC(=O)NC2(c3ccccc3)CCC2)c2ccccc21. The van der Waals surface area contributed by atoms with Crippen molar-refractivity contribution < 1.29 is 4.79 Å². The number of fused-ring (bicyclic) bond motifs is 1. The molecule has 0 unspecified atom stereocenters. The molecule has 1 N–H and O–H groups in total. The number of amides is 1. The van der Waals surface area contributed by atoms with Crippen molar-refractivity contribution in [2.24, 2.45) is 0 Å². The molecule has 0 saturated heterocycles. The Morgan fingerprint density at radius 3 is 2.22 bits per heavy atom. The predicted octanol–water partition coefficient (Wildman–Crippen LogP) is 3.41. The third-order valence-corrected chi connectivity index (χ3v) is 5.72. The minimum absolute atomic E-state index is 0.00113. The molecule has 1 heterocycles. The third kappa shape index (κ3) is 3.07. The molecule has 1 fully saturated rings. The number of nitrogens with zero attached hydrogens (tertiary/aromatic N) is 2. The van der Waals surface area contributed by atoms with Crippen LogP contribution in [0.4, 0.5) is 0 Å². The van der Waals surface area contributed by atoms with Crippen LogP contribution in [0.5, 0.6) is 0 Å². The summed E-state index contributed by atoms with van der Waals surface area (Å²) in [5.41, 5.74) is 2.70. The van der Waals surface area contributed by atoms with Gasteiger partial charge in [-0.2, -0.15) is 0 Å². The van der Waals surface area contributed by atoms with Gasteiger partial charge in [-0.3, -0.25) is 13.9 Å². The van der Waals surface area contributed by atoms with Gasteiger partial charge in [0, 0.05) is 19.5 Å². The zero-order valence-corrected chi connectivity index (χ0v) is 15.6. The number of hydrogen-bond donors (Lipinski definition) is 1. The van der Waals surface area contributed by atoms with E-state index in [1.807, 2.05) is 49.4 Å². The molecule has 1 amide bonds. The lowest BCUT2D eigenvalue weighted by Gasteiger charge is -2.43. The van der Waals surface area contributed by atoms with Gasteiger partial charge in [-0.15, -0.1) is 0 Å². The molecule has 1 aliphatic rings. The number of rotatable bonds is 6. The smallest absolute Gasteiger partial charge is 0.329 e. The van der Waals surface area contributed by atoms with E-state index >= 15 is 0 Å². The third-order valence-electron chi connectivity index (χ3n) is 5.72. The first-order valence-electron chi connectivity index (χ1n) is 9.69. The summed E-state index contributed by atoms with van der Waals surface area (Å²) in [4.78, 5) is 25.4. The van der Waals surface area contributed by atoms with Crippen LogP contribution in [0.2, 0.25) is 0 Å². The number of aromatic nitrogens is 2. The van der Waals surface area contributed by atoms with Crippen molar-refractivity contribution in [1.29, 1.82) is 0 Å². The number of para-hydroxylation sites is 2. The van der Waals surface area contributed by atoms with Crippen molar-refractivity contribution in [3.8, 4) is 0 Å². The highest BCUT2D eigenvalue weighted by molar-refractivity contribution is 5.78. The average molecular weight is 363 g/mol. The molecule has 0 aliphatic heterocycles. The Labute approximate surface area is 158 Å². The number of carbonyl (C=O) groups excluding carboxylic acids is 1. The molecule has 3 aromatic rings. The van der Waals surface area contributed by atoms with Gasteiger partial charge >= 0.3 is 5.69 Å². The molecular weight excluding hydrogens is 338 g/mol. The lowest BCUT2D eigenvalue weighted by Crippen LogP contribution is -2.51. The van der Waals surface area contributed by atoms with E-state index in [4.69, 9.17) is 0 Å². The Morgan fingerprint density at radius 2 is 1.63 bits per heavy atom. The highest BCUT2D eigenvalue weighted by Crippen LogP contribution is 2.41. The van der Waals surface area contributed by atoms with E-state index in [0.29, 0.717) is 19.5 Å². The van der Waals surface area contributed by atoms with Crippen molar-refractivity contribution in [2.45, 2.75) is 51.2 Å². The Morgan fingerprint density at radius 1 is 1.00 bits per heavy atom. The van der Waals surface area contributed by atoms with Gasteiger partial charge in [-0.05, 0) is 43.9 Å². The molecule has 1 aliphatic carbocycles. The fourth-order valence-electron chi connectivity index (χ4n) is 4.11. The number of benzene rings is 2. The second-order valence-corrected chi connectivity index (χ2v) is 7.27. The van der Waals surface area contributed by atoms with Crippen LogP contribution in [0.25, 0.3) is 11.0 Å². The number of carbonyl (C=O) groups is 1. The monoisotopic (exact) mass is 363 g/mol. The summed E-state index contributed by atoms with van der Waals surface area (Å²) in [6, 6.07) is 17.9. The zero-order valence-electron chi connectivity index (χ0n) is 15.6. The number of nitrogens with one attached hydrogen (secondary N) is 1. The molecule has 2 aromatic carbocycles. The van der Waals surface area contributed by atoms with E-state index < -0.39 is 0 Å². The van der Waals surface area contributed by atoms with Crippen molar-refractivity contribution in [2.75, 3.05) is 0 Å². The van der Waals surface area contributed by atoms with E-state index in [2.05, 4.69) is 17.4 Å². The van der Waals surface area contributed by atoms with E-state index in [-0.39, 0.29) is 17.1 Å². The molecule has 27 heavy (non-hydrogen) atoms. The van der Waals surface area contributed by atoms with Gasteiger partial charge in [0.05, 0.1) is 16.6 Å². The summed E-state index contributed by atoms with van der Waals surface area (Å²) in [7, 11) is 0. The molecule has 0 atom stereocenters. The van der Waals surface area contributed by atoms with E-state index in [1.165, 1.54) is 5.56 Å². The molecule has 4 rings (SSSR count). The summed E-state index contributed by atoms with van der Waals surface area (Å²) in [5.74, 6) is -0.00113. The van der Waals surface area contributed by atoms with Crippen LogP contribution in [-0.4, -0.2) is 15.0 Å². The maximum atomic E-state index is 12.7. The Balaban J connectivity index is 1.51. The van der Waals surface area contributed by atoms with E-state index in [0.717, 1.165) is 30.3 Å². The fourth-order valence-corrected chi connectivity index (χ4v) is 4.11. The zero-order chi connectivity index (χ0) is 18.9. The fraction of sp³-hybridized carbons (Fsp3) is 0.364. The maximum absolute atomic E-state index is 12.7. The topological polar surface area (TPSA) is 56.0 Å². The lowest BCUT2D eigenvalue weighted by molar-refractivity contribution is -0.124. The predicted molar refractivity (Wildman–Crippen MR) is 107 cm³/mol. The second kappa shape index (κ2) is 7.06.